The van der Waals surface area contributed by atoms with E-state index in [-0.39, 0.29) is 11.4 Å². The van der Waals surface area contributed by atoms with Crippen molar-refractivity contribution in [2.75, 3.05) is 0 Å². The number of halogens is 1. The Bertz CT molecular complexity index is 582. The first-order chi connectivity index (χ1) is 8.66. The summed E-state index contributed by atoms with van der Waals surface area (Å²) in [6.45, 7) is 0. The first-order valence-corrected chi connectivity index (χ1v) is 5.89. The Morgan fingerprint density at radius 1 is 1.33 bits per heavy atom. The van der Waals surface area contributed by atoms with Crippen molar-refractivity contribution in [1.29, 1.82) is 0 Å². The highest BCUT2D eigenvalue weighted by atomic mass is 32.1. The van der Waals surface area contributed by atoms with Gasteiger partial charge in [-0.2, -0.15) is 0 Å². The van der Waals surface area contributed by atoms with Gasteiger partial charge in [0.1, 0.15) is 5.82 Å². The zero-order chi connectivity index (χ0) is 13.0. The van der Waals surface area contributed by atoms with Crippen molar-refractivity contribution in [3.05, 3.63) is 58.0 Å². The van der Waals surface area contributed by atoms with E-state index >= 15 is 0 Å². The molecule has 0 saturated heterocycles. The molecule has 4 nitrogen and oxygen atoms in total. The van der Waals surface area contributed by atoms with Gasteiger partial charge in [-0.3, -0.25) is 0 Å². The summed E-state index contributed by atoms with van der Waals surface area (Å²) in [7, 11) is 0. The smallest absolute Gasteiger partial charge is 0.365 e. The van der Waals surface area contributed by atoms with Gasteiger partial charge in [0.15, 0.2) is 5.84 Å². The van der Waals surface area contributed by atoms with E-state index in [1.807, 2.05) is 5.38 Å². The summed E-state index contributed by atoms with van der Waals surface area (Å²) in [5.41, 5.74) is 5.69. The lowest BCUT2D eigenvalue weighted by Gasteiger charge is -1.99. The molecule has 0 saturated carbocycles. The first kappa shape index (κ1) is 12.3. The summed E-state index contributed by atoms with van der Waals surface area (Å²) in [5.74, 6) is -1.16. The van der Waals surface area contributed by atoms with Gasteiger partial charge in [0.25, 0.3) is 0 Å². The molecule has 1 heterocycles. The number of rotatable bonds is 3. The minimum Gasteiger partial charge on any atom is -0.380 e. The molecular weight excluding hydrogens is 255 g/mol. The van der Waals surface area contributed by atoms with Crippen LogP contribution in [0.3, 0.4) is 0 Å². The molecule has 0 radical (unpaired) electrons. The van der Waals surface area contributed by atoms with Gasteiger partial charge >= 0.3 is 5.97 Å². The second kappa shape index (κ2) is 5.42. The van der Waals surface area contributed by atoms with E-state index in [2.05, 4.69) is 9.99 Å². The highest BCUT2D eigenvalue weighted by Gasteiger charge is 2.08. The van der Waals surface area contributed by atoms with Crippen molar-refractivity contribution in [3.8, 4) is 0 Å². The molecule has 0 spiro atoms. The molecule has 2 aromatic rings. The Morgan fingerprint density at radius 3 is 2.83 bits per heavy atom. The van der Waals surface area contributed by atoms with Gasteiger partial charge in [-0.25, -0.2) is 9.18 Å². The monoisotopic (exact) mass is 264 g/mol. The lowest BCUT2D eigenvalue weighted by Crippen LogP contribution is -2.13. The van der Waals surface area contributed by atoms with Crippen LogP contribution in [0.15, 0.2) is 46.9 Å². The highest BCUT2D eigenvalue weighted by Crippen LogP contribution is 2.09. The van der Waals surface area contributed by atoms with Crippen LogP contribution >= 0.6 is 11.3 Å². The van der Waals surface area contributed by atoms with Crippen LogP contribution < -0.4 is 5.73 Å². The van der Waals surface area contributed by atoms with E-state index in [0.717, 1.165) is 6.07 Å². The summed E-state index contributed by atoms with van der Waals surface area (Å²) in [6.07, 6.45) is 0. The van der Waals surface area contributed by atoms with Crippen LogP contribution in [0, 0.1) is 5.82 Å². The zero-order valence-corrected chi connectivity index (χ0v) is 9.99. The molecule has 0 unspecified atom stereocenters. The third-order valence-electron chi connectivity index (χ3n) is 2.06. The molecular formula is C12H9FN2O2S. The SMILES string of the molecule is N/C(=N\OC(=O)c1cccc(F)c1)c1cccs1. The van der Waals surface area contributed by atoms with Gasteiger partial charge in [0.05, 0.1) is 10.4 Å². The van der Waals surface area contributed by atoms with Crippen molar-refractivity contribution in [2.45, 2.75) is 0 Å². The molecule has 0 amide bonds. The maximum atomic E-state index is 12.9. The van der Waals surface area contributed by atoms with E-state index in [1.54, 1.807) is 12.1 Å². The number of carbonyl (C=O) groups is 1. The van der Waals surface area contributed by atoms with Crippen molar-refractivity contribution >= 4 is 23.1 Å². The number of nitrogens with zero attached hydrogens (tertiary/aromatic N) is 1. The Balaban J connectivity index is 2.07. The van der Waals surface area contributed by atoms with Crippen LogP contribution in [0.1, 0.15) is 15.2 Å². The van der Waals surface area contributed by atoms with Gasteiger partial charge in [-0.15, -0.1) is 11.3 Å². The standard InChI is InChI=1S/C12H9FN2O2S/c13-9-4-1-3-8(7-9)12(16)17-15-11(14)10-5-2-6-18-10/h1-7H,(H2,14,15). The molecule has 0 fully saturated rings. The molecule has 1 aromatic heterocycles. The maximum Gasteiger partial charge on any atom is 0.365 e. The normalized spacial score (nSPS) is 11.3. The van der Waals surface area contributed by atoms with Crippen molar-refractivity contribution in [1.82, 2.24) is 0 Å². The van der Waals surface area contributed by atoms with Crippen molar-refractivity contribution in [2.24, 2.45) is 10.9 Å². The van der Waals surface area contributed by atoms with Gasteiger partial charge < -0.3 is 10.6 Å². The number of nitrogens with two attached hydrogens (primary N) is 1. The van der Waals surface area contributed by atoms with E-state index in [4.69, 9.17) is 5.73 Å². The summed E-state index contributed by atoms with van der Waals surface area (Å²) < 4.78 is 12.9. The van der Waals surface area contributed by atoms with Crippen LogP contribution in [0.25, 0.3) is 0 Å². The van der Waals surface area contributed by atoms with E-state index in [0.29, 0.717) is 4.88 Å². The number of hydrogen-bond acceptors (Lipinski definition) is 4. The maximum absolute atomic E-state index is 12.9. The quantitative estimate of drug-likeness (QED) is 0.400. The summed E-state index contributed by atoms with van der Waals surface area (Å²) in [6, 6.07) is 8.70. The number of hydrogen-bond donors (Lipinski definition) is 1. The number of amidine groups is 1. The second-order valence-electron chi connectivity index (χ2n) is 3.34. The molecule has 0 atom stereocenters. The Labute approximate surface area is 106 Å². The Kier molecular flexibility index (Phi) is 3.69. The van der Waals surface area contributed by atoms with E-state index in [1.165, 1.54) is 29.5 Å². The third kappa shape index (κ3) is 2.92. The zero-order valence-electron chi connectivity index (χ0n) is 9.17. The molecule has 2 N–H and O–H groups in total. The van der Waals surface area contributed by atoms with Crippen molar-refractivity contribution in [3.63, 3.8) is 0 Å². The number of thiophene rings is 1. The lowest BCUT2D eigenvalue weighted by molar-refractivity contribution is 0.0515. The minimum absolute atomic E-state index is 0.0812. The predicted octanol–water partition coefficient (Wildman–Crippen LogP) is 2.36. The van der Waals surface area contributed by atoms with E-state index in [9.17, 15) is 9.18 Å². The Morgan fingerprint density at radius 2 is 2.17 bits per heavy atom. The van der Waals surface area contributed by atoms with Gasteiger partial charge in [-0.1, -0.05) is 17.3 Å². The first-order valence-electron chi connectivity index (χ1n) is 5.01. The van der Waals surface area contributed by atoms with Gasteiger partial charge in [0, 0.05) is 0 Å². The number of benzene rings is 1. The highest BCUT2D eigenvalue weighted by molar-refractivity contribution is 7.12. The average molecular weight is 264 g/mol. The van der Waals surface area contributed by atoms with Crippen LogP contribution in [0.5, 0.6) is 0 Å². The van der Waals surface area contributed by atoms with Gasteiger partial charge in [0.2, 0.25) is 0 Å². The van der Waals surface area contributed by atoms with Crippen LogP contribution in [0.2, 0.25) is 0 Å². The molecule has 6 heteroatoms. The van der Waals surface area contributed by atoms with Crippen LogP contribution in [-0.4, -0.2) is 11.8 Å². The van der Waals surface area contributed by atoms with Gasteiger partial charge in [-0.05, 0) is 29.6 Å². The molecule has 0 aliphatic carbocycles. The molecule has 2 rings (SSSR count). The molecule has 92 valence electrons. The average Bonchev–Trinajstić information content (AvgIpc) is 2.89. The fourth-order valence-corrected chi connectivity index (χ4v) is 1.85. The summed E-state index contributed by atoms with van der Waals surface area (Å²) in [5, 5.41) is 5.33. The fourth-order valence-electron chi connectivity index (χ4n) is 1.23. The number of oxime groups is 1. The minimum atomic E-state index is -0.756. The molecule has 18 heavy (non-hydrogen) atoms. The summed E-state index contributed by atoms with van der Waals surface area (Å²) in [4.78, 5) is 16.9. The second-order valence-corrected chi connectivity index (χ2v) is 4.29. The molecule has 1 aromatic carbocycles. The Hall–Kier alpha value is -2.21. The van der Waals surface area contributed by atoms with Crippen molar-refractivity contribution < 1.29 is 14.0 Å². The van der Waals surface area contributed by atoms with Crippen LogP contribution in [-0.2, 0) is 4.84 Å². The molecule has 0 bridgehead atoms. The molecule has 0 aliphatic heterocycles. The third-order valence-corrected chi connectivity index (χ3v) is 2.95. The van der Waals surface area contributed by atoms with E-state index < -0.39 is 11.8 Å². The lowest BCUT2D eigenvalue weighted by atomic mass is 10.2. The predicted molar refractivity (Wildman–Crippen MR) is 66.9 cm³/mol. The van der Waals surface area contributed by atoms with Crippen LogP contribution in [0.4, 0.5) is 4.39 Å². The number of carbonyl (C=O) groups excluding carboxylic acids is 1. The molecule has 0 aliphatic rings. The fraction of sp³-hybridized carbons (Fsp3) is 0. The topological polar surface area (TPSA) is 64.7 Å². The largest absolute Gasteiger partial charge is 0.380 e. The summed E-state index contributed by atoms with van der Waals surface area (Å²) >= 11 is 1.37.